The van der Waals surface area contributed by atoms with Crippen molar-refractivity contribution in [1.82, 2.24) is 4.90 Å². The van der Waals surface area contributed by atoms with Crippen molar-refractivity contribution in [2.75, 3.05) is 13.3 Å². The number of benzene rings is 1. The van der Waals surface area contributed by atoms with Crippen molar-refractivity contribution in [3.8, 4) is 11.5 Å². The van der Waals surface area contributed by atoms with Gasteiger partial charge in [0.25, 0.3) is 0 Å². The fraction of sp³-hybridized carbons (Fsp3) is 0.312. The minimum atomic E-state index is 0.00302. The summed E-state index contributed by atoms with van der Waals surface area (Å²) in [6.45, 7) is 5.37. The standard InChI is InChI=1S/C16H19NO3/c1-3-5-6-7-16(18)17(4-2)11-13-8-9-14-15(10-13)20-12-19-14/h3,5-10H,4,11-12H2,1-2H3/b5-3+,7-6+. The van der Waals surface area contributed by atoms with Crippen molar-refractivity contribution in [3.63, 3.8) is 0 Å². The van der Waals surface area contributed by atoms with E-state index < -0.39 is 0 Å². The molecular weight excluding hydrogens is 254 g/mol. The van der Waals surface area contributed by atoms with Crippen LogP contribution in [-0.2, 0) is 11.3 Å². The van der Waals surface area contributed by atoms with E-state index in [1.807, 2.05) is 44.2 Å². The highest BCUT2D eigenvalue weighted by Gasteiger charge is 2.15. The molecule has 0 saturated carbocycles. The summed E-state index contributed by atoms with van der Waals surface area (Å²) in [5.74, 6) is 1.51. The van der Waals surface area contributed by atoms with Crippen molar-refractivity contribution in [2.24, 2.45) is 0 Å². The fourth-order valence-corrected chi connectivity index (χ4v) is 1.96. The zero-order valence-corrected chi connectivity index (χ0v) is 11.8. The van der Waals surface area contributed by atoms with E-state index in [9.17, 15) is 4.79 Å². The third-order valence-corrected chi connectivity index (χ3v) is 3.05. The lowest BCUT2D eigenvalue weighted by Gasteiger charge is -2.19. The van der Waals surface area contributed by atoms with Gasteiger partial charge in [-0.3, -0.25) is 4.79 Å². The second kappa shape index (κ2) is 6.80. The van der Waals surface area contributed by atoms with E-state index in [-0.39, 0.29) is 12.7 Å². The maximum absolute atomic E-state index is 12.0. The summed E-state index contributed by atoms with van der Waals surface area (Å²) in [4.78, 5) is 13.8. The quantitative estimate of drug-likeness (QED) is 0.611. The van der Waals surface area contributed by atoms with Gasteiger partial charge in [-0.25, -0.2) is 0 Å². The van der Waals surface area contributed by atoms with Crippen LogP contribution in [0.2, 0.25) is 0 Å². The first-order valence-corrected chi connectivity index (χ1v) is 6.71. The molecule has 0 saturated heterocycles. The Bertz CT molecular complexity index is 535. The van der Waals surface area contributed by atoms with Crippen molar-refractivity contribution in [2.45, 2.75) is 20.4 Å². The Labute approximate surface area is 119 Å². The van der Waals surface area contributed by atoms with Crippen molar-refractivity contribution in [1.29, 1.82) is 0 Å². The van der Waals surface area contributed by atoms with Gasteiger partial charge < -0.3 is 14.4 Å². The monoisotopic (exact) mass is 273 g/mol. The second-order valence-electron chi connectivity index (χ2n) is 4.42. The number of amides is 1. The number of hydrogen-bond acceptors (Lipinski definition) is 3. The number of ether oxygens (including phenoxy) is 2. The Morgan fingerprint density at radius 3 is 2.85 bits per heavy atom. The van der Waals surface area contributed by atoms with Gasteiger partial charge in [-0.15, -0.1) is 0 Å². The molecule has 2 rings (SSSR count). The Kier molecular flexibility index (Phi) is 4.82. The average Bonchev–Trinajstić information content (AvgIpc) is 2.92. The third kappa shape index (κ3) is 3.41. The first-order valence-electron chi connectivity index (χ1n) is 6.71. The van der Waals surface area contributed by atoms with Crippen LogP contribution < -0.4 is 9.47 Å². The molecule has 0 N–H and O–H groups in total. The van der Waals surface area contributed by atoms with Gasteiger partial charge in [-0.2, -0.15) is 0 Å². The maximum Gasteiger partial charge on any atom is 0.246 e. The smallest absolute Gasteiger partial charge is 0.246 e. The number of carbonyl (C=O) groups excluding carboxylic acids is 1. The maximum atomic E-state index is 12.0. The van der Waals surface area contributed by atoms with E-state index >= 15 is 0 Å². The molecule has 0 unspecified atom stereocenters. The molecule has 1 aliphatic rings. The van der Waals surface area contributed by atoms with Crippen molar-refractivity contribution < 1.29 is 14.3 Å². The van der Waals surface area contributed by atoms with E-state index in [0.717, 1.165) is 17.1 Å². The lowest BCUT2D eigenvalue weighted by Crippen LogP contribution is -2.28. The van der Waals surface area contributed by atoms with Gasteiger partial charge in [0.2, 0.25) is 12.7 Å². The molecule has 4 nitrogen and oxygen atoms in total. The van der Waals surface area contributed by atoms with Gasteiger partial charge in [0, 0.05) is 19.2 Å². The van der Waals surface area contributed by atoms with Crippen LogP contribution in [0.25, 0.3) is 0 Å². The SMILES string of the molecule is C/C=C/C=C/C(=O)N(CC)Cc1ccc2c(c1)OCO2. The van der Waals surface area contributed by atoms with Gasteiger partial charge in [0.1, 0.15) is 0 Å². The summed E-state index contributed by atoms with van der Waals surface area (Å²) in [6.07, 6.45) is 7.06. The number of rotatable bonds is 5. The summed E-state index contributed by atoms with van der Waals surface area (Å²) in [5.41, 5.74) is 1.03. The van der Waals surface area contributed by atoms with Crippen LogP contribution in [0, 0.1) is 0 Å². The molecule has 0 aliphatic carbocycles. The summed E-state index contributed by atoms with van der Waals surface area (Å²) < 4.78 is 10.6. The Hall–Kier alpha value is -2.23. The topological polar surface area (TPSA) is 38.8 Å². The molecule has 0 aromatic heterocycles. The summed E-state index contributed by atoms with van der Waals surface area (Å²) in [7, 11) is 0. The largest absolute Gasteiger partial charge is 0.454 e. The first kappa shape index (κ1) is 14.2. The summed E-state index contributed by atoms with van der Waals surface area (Å²) >= 11 is 0. The van der Waals surface area contributed by atoms with E-state index in [0.29, 0.717) is 13.1 Å². The zero-order chi connectivity index (χ0) is 14.4. The number of nitrogens with zero attached hydrogens (tertiary/aromatic N) is 1. The predicted octanol–water partition coefficient (Wildman–Crippen LogP) is 2.90. The van der Waals surface area contributed by atoms with E-state index in [4.69, 9.17) is 9.47 Å². The molecule has 1 aromatic carbocycles. The Balaban J connectivity index is 2.04. The molecule has 0 bridgehead atoms. The minimum Gasteiger partial charge on any atom is -0.454 e. The van der Waals surface area contributed by atoms with Gasteiger partial charge in [-0.1, -0.05) is 24.3 Å². The molecular formula is C16H19NO3. The van der Waals surface area contributed by atoms with Crippen LogP contribution in [0.15, 0.2) is 42.5 Å². The van der Waals surface area contributed by atoms with Crippen LogP contribution >= 0.6 is 0 Å². The highest BCUT2D eigenvalue weighted by Crippen LogP contribution is 2.32. The highest BCUT2D eigenvalue weighted by atomic mass is 16.7. The van der Waals surface area contributed by atoms with Crippen LogP contribution in [0.4, 0.5) is 0 Å². The molecule has 0 fully saturated rings. The van der Waals surface area contributed by atoms with E-state index in [1.54, 1.807) is 17.1 Å². The molecule has 1 amide bonds. The molecule has 0 radical (unpaired) electrons. The lowest BCUT2D eigenvalue weighted by atomic mass is 10.2. The molecule has 0 atom stereocenters. The Morgan fingerprint density at radius 2 is 2.10 bits per heavy atom. The first-order chi connectivity index (χ1) is 9.74. The lowest BCUT2D eigenvalue weighted by molar-refractivity contribution is -0.126. The van der Waals surface area contributed by atoms with Crippen LogP contribution in [0.1, 0.15) is 19.4 Å². The van der Waals surface area contributed by atoms with Gasteiger partial charge >= 0.3 is 0 Å². The Morgan fingerprint density at radius 1 is 1.30 bits per heavy atom. The number of likely N-dealkylation sites (N-methyl/N-ethyl adjacent to an activating group) is 1. The molecule has 20 heavy (non-hydrogen) atoms. The van der Waals surface area contributed by atoms with E-state index in [2.05, 4.69) is 0 Å². The van der Waals surface area contributed by atoms with Crippen molar-refractivity contribution >= 4 is 5.91 Å². The van der Waals surface area contributed by atoms with Crippen molar-refractivity contribution in [3.05, 3.63) is 48.1 Å². The summed E-state index contributed by atoms with van der Waals surface area (Å²) in [5, 5.41) is 0. The number of hydrogen-bond donors (Lipinski definition) is 0. The number of allylic oxidation sites excluding steroid dienone is 3. The molecule has 1 heterocycles. The second-order valence-corrected chi connectivity index (χ2v) is 4.42. The van der Waals surface area contributed by atoms with Crippen LogP contribution in [-0.4, -0.2) is 24.1 Å². The molecule has 106 valence electrons. The minimum absolute atomic E-state index is 0.00302. The molecule has 4 heteroatoms. The zero-order valence-electron chi connectivity index (χ0n) is 11.8. The normalized spacial score (nSPS) is 13.3. The fourth-order valence-electron chi connectivity index (χ4n) is 1.96. The molecule has 1 aliphatic heterocycles. The highest BCUT2D eigenvalue weighted by molar-refractivity contribution is 5.87. The van der Waals surface area contributed by atoms with Gasteiger partial charge in [0.15, 0.2) is 11.5 Å². The molecule has 0 spiro atoms. The number of fused-ring (bicyclic) bond motifs is 1. The van der Waals surface area contributed by atoms with Crippen LogP contribution in [0.5, 0.6) is 11.5 Å². The number of carbonyl (C=O) groups is 1. The average molecular weight is 273 g/mol. The summed E-state index contributed by atoms with van der Waals surface area (Å²) in [6, 6.07) is 5.76. The third-order valence-electron chi connectivity index (χ3n) is 3.05. The van der Waals surface area contributed by atoms with Gasteiger partial charge in [-0.05, 0) is 31.5 Å². The predicted molar refractivity (Wildman–Crippen MR) is 77.6 cm³/mol. The van der Waals surface area contributed by atoms with Crippen LogP contribution in [0.3, 0.4) is 0 Å². The van der Waals surface area contributed by atoms with E-state index in [1.165, 1.54) is 0 Å². The van der Waals surface area contributed by atoms with Gasteiger partial charge in [0.05, 0.1) is 0 Å². The molecule has 1 aromatic rings.